The zero-order valence-electron chi connectivity index (χ0n) is 17.7. The molecular weight excluding hydrogens is 376 g/mol. The first-order valence-corrected chi connectivity index (χ1v) is 11.1. The fraction of sp³-hybridized carbons (Fsp3) is 0.522. The molecule has 1 unspecified atom stereocenters. The minimum atomic E-state index is 0.260. The van der Waals surface area contributed by atoms with Gasteiger partial charge in [0.15, 0.2) is 5.96 Å². The zero-order chi connectivity index (χ0) is 20.8. The van der Waals surface area contributed by atoms with E-state index in [0.29, 0.717) is 5.91 Å². The second-order valence-corrected chi connectivity index (χ2v) is 8.21. The minimum absolute atomic E-state index is 0.260. The topological polar surface area (TPSA) is 81.7 Å². The van der Waals surface area contributed by atoms with E-state index in [1.165, 1.54) is 12.8 Å². The number of benzene rings is 1. The van der Waals surface area contributed by atoms with E-state index in [1.807, 2.05) is 29.2 Å². The van der Waals surface area contributed by atoms with Gasteiger partial charge in [-0.3, -0.25) is 9.79 Å². The van der Waals surface area contributed by atoms with Gasteiger partial charge in [-0.15, -0.1) is 0 Å². The number of para-hydroxylation sites is 1. The molecule has 1 aromatic heterocycles. The van der Waals surface area contributed by atoms with Crippen LogP contribution >= 0.6 is 0 Å². The lowest BCUT2D eigenvalue weighted by Crippen LogP contribution is -2.46. The van der Waals surface area contributed by atoms with Crippen LogP contribution in [0.5, 0.6) is 0 Å². The molecule has 2 fully saturated rings. The highest BCUT2D eigenvalue weighted by Gasteiger charge is 2.32. The van der Waals surface area contributed by atoms with Crippen molar-refractivity contribution in [2.24, 2.45) is 10.9 Å². The number of anilines is 1. The second kappa shape index (κ2) is 9.78. The molecule has 1 saturated carbocycles. The fourth-order valence-electron chi connectivity index (χ4n) is 4.43. The van der Waals surface area contributed by atoms with E-state index in [0.717, 1.165) is 68.1 Å². The molecule has 2 heterocycles. The Morgan fingerprint density at radius 1 is 1.13 bits per heavy atom. The van der Waals surface area contributed by atoms with E-state index in [4.69, 9.17) is 0 Å². The molecule has 7 nitrogen and oxygen atoms in total. The maximum atomic E-state index is 12.6. The molecule has 0 spiro atoms. The number of nitrogens with zero attached hydrogens (tertiary/aromatic N) is 3. The summed E-state index contributed by atoms with van der Waals surface area (Å²) in [5, 5.41) is 11.3. The zero-order valence-corrected chi connectivity index (χ0v) is 17.7. The van der Waals surface area contributed by atoms with Gasteiger partial charge in [0.05, 0.1) is 5.52 Å². The SMILES string of the molecule is CN=C(NCCNc1ccc2ccccc2n1)NC1CCN(C(=O)C2CCCC2)C1. The number of amides is 1. The highest BCUT2D eigenvalue weighted by Crippen LogP contribution is 2.27. The third-order valence-electron chi connectivity index (χ3n) is 6.09. The Labute approximate surface area is 178 Å². The minimum Gasteiger partial charge on any atom is -0.368 e. The third kappa shape index (κ3) is 5.01. The highest BCUT2D eigenvalue weighted by atomic mass is 16.2. The molecule has 1 amide bonds. The normalized spacial score (nSPS) is 20.0. The lowest BCUT2D eigenvalue weighted by molar-refractivity contribution is -0.134. The van der Waals surface area contributed by atoms with Crippen molar-refractivity contribution in [2.45, 2.75) is 38.1 Å². The first-order chi connectivity index (χ1) is 14.7. The van der Waals surface area contributed by atoms with Crippen molar-refractivity contribution in [3.05, 3.63) is 36.4 Å². The lowest BCUT2D eigenvalue weighted by Gasteiger charge is -2.21. The molecule has 0 radical (unpaired) electrons. The summed E-state index contributed by atoms with van der Waals surface area (Å²) >= 11 is 0. The molecular formula is C23H32N6O. The highest BCUT2D eigenvalue weighted by molar-refractivity contribution is 5.82. The number of carbonyl (C=O) groups excluding carboxylic acids is 1. The molecule has 1 aromatic carbocycles. The van der Waals surface area contributed by atoms with E-state index in [-0.39, 0.29) is 12.0 Å². The number of nitrogens with one attached hydrogen (secondary N) is 3. The summed E-state index contributed by atoms with van der Waals surface area (Å²) in [6.07, 6.45) is 5.50. The van der Waals surface area contributed by atoms with Gasteiger partial charge in [0.25, 0.3) is 0 Å². The molecule has 1 saturated heterocycles. The molecule has 1 aliphatic heterocycles. The van der Waals surface area contributed by atoms with Crippen molar-refractivity contribution < 1.29 is 4.79 Å². The number of hydrogen-bond acceptors (Lipinski definition) is 4. The maximum absolute atomic E-state index is 12.6. The smallest absolute Gasteiger partial charge is 0.225 e. The van der Waals surface area contributed by atoms with Gasteiger partial charge in [0.1, 0.15) is 5.82 Å². The van der Waals surface area contributed by atoms with Crippen LogP contribution in [0.3, 0.4) is 0 Å². The maximum Gasteiger partial charge on any atom is 0.225 e. The van der Waals surface area contributed by atoms with Gasteiger partial charge in [-0.25, -0.2) is 4.98 Å². The number of fused-ring (bicyclic) bond motifs is 1. The molecule has 7 heteroatoms. The number of rotatable bonds is 6. The summed E-state index contributed by atoms with van der Waals surface area (Å²) in [4.78, 5) is 23.6. The number of guanidine groups is 1. The Kier molecular flexibility index (Phi) is 6.67. The van der Waals surface area contributed by atoms with Gasteiger partial charge in [0.2, 0.25) is 5.91 Å². The first kappa shape index (κ1) is 20.4. The van der Waals surface area contributed by atoms with Crippen LogP contribution in [0.15, 0.2) is 41.4 Å². The van der Waals surface area contributed by atoms with E-state index in [2.05, 4.69) is 38.1 Å². The average Bonchev–Trinajstić information content (AvgIpc) is 3.47. The van der Waals surface area contributed by atoms with E-state index in [9.17, 15) is 4.79 Å². The number of likely N-dealkylation sites (tertiary alicyclic amines) is 1. The summed E-state index contributed by atoms with van der Waals surface area (Å²) in [5.41, 5.74) is 0.992. The lowest BCUT2D eigenvalue weighted by atomic mass is 10.1. The van der Waals surface area contributed by atoms with Crippen LogP contribution in [-0.2, 0) is 4.79 Å². The van der Waals surface area contributed by atoms with E-state index >= 15 is 0 Å². The van der Waals surface area contributed by atoms with Gasteiger partial charge in [-0.05, 0) is 37.5 Å². The number of aromatic nitrogens is 1. The first-order valence-electron chi connectivity index (χ1n) is 11.1. The molecule has 2 aliphatic rings. The molecule has 3 N–H and O–H groups in total. The second-order valence-electron chi connectivity index (χ2n) is 8.21. The Morgan fingerprint density at radius 2 is 1.97 bits per heavy atom. The summed E-state index contributed by atoms with van der Waals surface area (Å²) < 4.78 is 0. The van der Waals surface area contributed by atoms with Crippen molar-refractivity contribution in [2.75, 3.05) is 38.5 Å². The number of hydrogen-bond donors (Lipinski definition) is 3. The van der Waals surface area contributed by atoms with Crippen molar-refractivity contribution in [3.63, 3.8) is 0 Å². The summed E-state index contributed by atoms with van der Waals surface area (Å²) in [5.74, 6) is 2.27. The van der Waals surface area contributed by atoms with E-state index < -0.39 is 0 Å². The number of aliphatic imine (C=N–C) groups is 1. The molecule has 1 aliphatic carbocycles. The largest absolute Gasteiger partial charge is 0.368 e. The number of carbonyl (C=O) groups is 1. The Morgan fingerprint density at radius 3 is 2.80 bits per heavy atom. The van der Waals surface area contributed by atoms with Crippen molar-refractivity contribution in [3.8, 4) is 0 Å². The van der Waals surface area contributed by atoms with Crippen LogP contribution < -0.4 is 16.0 Å². The molecule has 2 aromatic rings. The standard InChI is InChI=1S/C23H32N6O/c1-24-23(27-19-12-15-29(16-19)22(30)18-7-2-3-8-18)26-14-13-25-21-11-10-17-6-4-5-9-20(17)28-21/h4-6,9-11,18-19H,2-3,7-8,12-16H2,1H3,(H,25,28)(H2,24,26,27). The molecule has 30 heavy (non-hydrogen) atoms. The van der Waals surface area contributed by atoms with Crippen LogP contribution in [0.4, 0.5) is 5.82 Å². The Balaban J connectivity index is 1.19. The van der Waals surface area contributed by atoms with Crippen LogP contribution in [0, 0.1) is 5.92 Å². The van der Waals surface area contributed by atoms with Crippen molar-refractivity contribution in [1.29, 1.82) is 0 Å². The van der Waals surface area contributed by atoms with Gasteiger partial charge in [-0.1, -0.05) is 31.0 Å². The van der Waals surface area contributed by atoms with Crippen LogP contribution in [-0.4, -0.2) is 61.0 Å². The number of pyridine rings is 1. The predicted octanol–water partition coefficient (Wildman–Crippen LogP) is 2.60. The fourth-order valence-corrected chi connectivity index (χ4v) is 4.43. The summed E-state index contributed by atoms with van der Waals surface area (Å²) in [6, 6.07) is 12.5. The third-order valence-corrected chi connectivity index (χ3v) is 6.09. The Hall–Kier alpha value is -2.83. The molecule has 0 bridgehead atoms. The van der Waals surface area contributed by atoms with Gasteiger partial charge in [-0.2, -0.15) is 0 Å². The quantitative estimate of drug-likeness (QED) is 0.389. The monoisotopic (exact) mass is 408 g/mol. The van der Waals surface area contributed by atoms with Crippen molar-refractivity contribution >= 4 is 28.6 Å². The van der Waals surface area contributed by atoms with Gasteiger partial charge >= 0.3 is 0 Å². The van der Waals surface area contributed by atoms with Crippen LogP contribution in [0.25, 0.3) is 10.9 Å². The van der Waals surface area contributed by atoms with E-state index in [1.54, 1.807) is 7.05 Å². The summed E-state index contributed by atoms with van der Waals surface area (Å²) in [6.45, 7) is 3.09. The van der Waals surface area contributed by atoms with Crippen molar-refractivity contribution in [1.82, 2.24) is 20.5 Å². The molecule has 160 valence electrons. The average molecular weight is 409 g/mol. The molecule has 4 rings (SSSR count). The van der Waals surface area contributed by atoms with Crippen LogP contribution in [0.1, 0.15) is 32.1 Å². The summed E-state index contributed by atoms with van der Waals surface area (Å²) in [7, 11) is 1.78. The molecule has 1 atom stereocenters. The van der Waals surface area contributed by atoms with Crippen LogP contribution in [0.2, 0.25) is 0 Å². The van der Waals surface area contributed by atoms with Gasteiger partial charge < -0.3 is 20.9 Å². The van der Waals surface area contributed by atoms with Gasteiger partial charge in [0, 0.05) is 50.6 Å². The Bertz CT molecular complexity index is 892. The predicted molar refractivity (Wildman–Crippen MR) is 122 cm³/mol.